The fraction of sp³-hybridized carbons (Fsp3) is 0. The number of halogens is 1. The highest BCUT2D eigenvalue weighted by Gasteiger charge is 2.09. The summed E-state index contributed by atoms with van der Waals surface area (Å²) in [4.78, 5) is 14.9. The molecule has 0 atom stereocenters. The number of aromatic nitrogens is 2. The molecule has 2 N–H and O–H groups in total. The lowest BCUT2D eigenvalue weighted by atomic mass is 10.2. The Kier molecular flexibility index (Phi) is 1.70. The maximum atomic E-state index is 10.9. The van der Waals surface area contributed by atoms with Gasteiger partial charge in [-0.15, -0.1) is 0 Å². The molecule has 2 heterocycles. The number of pyridine rings is 1. The molecule has 2 rings (SSSR count). The van der Waals surface area contributed by atoms with E-state index in [1.54, 1.807) is 22.7 Å². The second-order valence-electron chi connectivity index (χ2n) is 2.56. The Bertz CT molecular complexity index is 477. The van der Waals surface area contributed by atoms with Crippen LogP contribution in [0.15, 0.2) is 24.5 Å². The molecule has 0 aromatic carbocycles. The van der Waals surface area contributed by atoms with Gasteiger partial charge in [-0.25, -0.2) is 4.98 Å². The highest BCUT2D eigenvalue weighted by Crippen LogP contribution is 2.14. The summed E-state index contributed by atoms with van der Waals surface area (Å²) < 4.78 is 1.60. The molecule has 0 aliphatic heterocycles. The minimum Gasteiger partial charge on any atom is -0.365 e. The smallest absolute Gasteiger partial charge is 0.252 e. The quantitative estimate of drug-likeness (QED) is 0.741. The molecule has 0 unspecified atom stereocenters. The molecule has 5 heteroatoms. The summed E-state index contributed by atoms with van der Waals surface area (Å²) in [7, 11) is 0. The standard InChI is InChI=1S/C8H6ClN3O/c9-6-4-11-8-5(7(10)13)2-1-3-12(6)8/h1-4H,(H2,10,13). The van der Waals surface area contributed by atoms with E-state index in [2.05, 4.69) is 4.98 Å². The number of nitrogens with two attached hydrogens (primary N) is 1. The van der Waals surface area contributed by atoms with Gasteiger partial charge in [-0.3, -0.25) is 9.20 Å². The van der Waals surface area contributed by atoms with Crippen LogP contribution in [-0.2, 0) is 0 Å². The highest BCUT2D eigenvalue weighted by atomic mass is 35.5. The van der Waals surface area contributed by atoms with Gasteiger partial charge in [-0.05, 0) is 12.1 Å². The van der Waals surface area contributed by atoms with Crippen molar-refractivity contribution in [3.63, 3.8) is 0 Å². The Morgan fingerprint density at radius 3 is 3.08 bits per heavy atom. The summed E-state index contributed by atoms with van der Waals surface area (Å²) in [6.07, 6.45) is 3.19. The van der Waals surface area contributed by atoms with E-state index in [-0.39, 0.29) is 0 Å². The Hall–Kier alpha value is -1.55. The lowest BCUT2D eigenvalue weighted by Crippen LogP contribution is -2.12. The van der Waals surface area contributed by atoms with Crippen molar-refractivity contribution in [1.29, 1.82) is 0 Å². The first-order valence-electron chi connectivity index (χ1n) is 3.61. The number of carbonyl (C=O) groups excluding carboxylic acids is 1. The van der Waals surface area contributed by atoms with Gasteiger partial charge in [0.2, 0.25) is 0 Å². The van der Waals surface area contributed by atoms with Crippen LogP contribution >= 0.6 is 11.6 Å². The third-order valence-electron chi connectivity index (χ3n) is 1.76. The van der Waals surface area contributed by atoms with Crippen LogP contribution in [0.5, 0.6) is 0 Å². The van der Waals surface area contributed by atoms with Gasteiger partial charge in [0, 0.05) is 6.20 Å². The third kappa shape index (κ3) is 1.15. The normalized spacial score (nSPS) is 10.5. The average molecular weight is 196 g/mol. The fourth-order valence-electron chi connectivity index (χ4n) is 1.17. The molecule has 0 radical (unpaired) electrons. The van der Waals surface area contributed by atoms with Crippen molar-refractivity contribution >= 4 is 23.2 Å². The van der Waals surface area contributed by atoms with Crippen LogP contribution in [0.1, 0.15) is 10.4 Å². The summed E-state index contributed by atoms with van der Waals surface area (Å²) in [5.74, 6) is -0.507. The zero-order valence-electron chi connectivity index (χ0n) is 6.57. The second-order valence-corrected chi connectivity index (χ2v) is 2.95. The van der Waals surface area contributed by atoms with Gasteiger partial charge in [-0.2, -0.15) is 0 Å². The number of amides is 1. The number of nitrogens with zero attached hydrogens (tertiary/aromatic N) is 2. The first kappa shape index (κ1) is 8.07. The number of hydrogen-bond donors (Lipinski definition) is 1. The van der Waals surface area contributed by atoms with Crippen molar-refractivity contribution in [1.82, 2.24) is 9.38 Å². The van der Waals surface area contributed by atoms with Crippen LogP contribution in [0.3, 0.4) is 0 Å². The van der Waals surface area contributed by atoms with Crippen molar-refractivity contribution in [2.45, 2.75) is 0 Å². The van der Waals surface area contributed by atoms with Gasteiger partial charge < -0.3 is 5.73 Å². The van der Waals surface area contributed by atoms with Crippen LogP contribution in [0.4, 0.5) is 0 Å². The van der Waals surface area contributed by atoms with Gasteiger partial charge >= 0.3 is 0 Å². The molecular weight excluding hydrogens is 190 g/mol. The molecular formula is C8H6ClN3O. The van der Waals surface area contributed by atoms with Gasteiger partial charge in [-0.1, -0.05) is 11.6 Å². The number of fused-ring (bicyclic) bond motifs is 1. The zero-order valence-corrected chi connectivity index (χ0v) is 7.32. The van der Waals surface area contributed by atoms with E-state index in [0.29, 0.717) is 16.4 Å². The van der Waals surface area contributed by atoms with Gasteiger partial charge in [0.05, 0.1) is 11.8 Å². The molecule has 0 spiro atoms. The molecule has 13 heavy (non-hydrogen) atoms. The van der Waals surface area contributed by atoms with Gasteiger partial charge in [0.15, 0.2) is 5.65 Å². The van der Waals surface area contributed by atoms with Crippen LogP contribution in [0, 0.1) is 0 Å². The molecule has 0 fully saturated rings. The molecule has 0 saturated carbocycles. The monoisotopic (exact) mass is 195 g/mol. The summed E-state index contributed by atoms with van der Waals surface area (Å²) in [6, 6.07) is 3.31. The first-order valence-corrected chi connectivity index (χ1v) is 3.99. The lowest BCUT2D eigenvalue weighted by molar-refractivity contribution is 0.100. The van der Waals surface area contributed by atoms with Crippen molar-refractivity contribution in [2.75, 3.05) is 0 Å². The lowest BCUT2D eigenvalue weighted by Gasteiger charge is -1.98. The number of imidazole rings is 1. The summed E-state index contributed by atoms with van der Waals surface area (Å²) >= 11 is 5.80. The Morgan fingerprint density at radius 2 is 2.38 bits per heavy atom. The van der Waals surface area contributed by atoms with E-state index < -0.39 is 5.91 Å². The number of hydrogen-bond acceptors (Lipinski definition) is 2. The molecule has 0 saturated heterocycles. The SMILES string of the molecule is NC(=O)c1cccn2c(Cl)cnc12. The summed E-state index contributed by atoms with van der Waals surface area (Å²) in [5.41, 5.74) is 6.01. The van der Waals surface area contributed by atoms with Crippen LogP contribution < -0.4 is 5.73 Å². The maximum Gasteiger partial charge on any atom is 0.252 e. The van der Waals surface area contributed by atoms with Gasteiger partial charge in [0.25, 0.3) is 5.91 Å². The van der Waals surface area contributed by atoms with E-state index >= 15 is 0 Å². The van der Waals surface area contributed by atoms with E-state index in [4.69, 9.17) is 17.3 Å². The predicted octanol–water partition coefficient (Wildman–Crippen LogP) is 1.09. The van der Waals surface area contributed by atoms with Crippen molar-refractivity contribution in [2.24, 2.45) is 5.73 Å². The Morgan fingerprint density at radius 1 is 1.62 bits per heavy atom. The second kappa shape index (κ2) is 2.74. The predicted molar refractivity (Wildman–Crippen MR) is 48.7 cm³/mol. The molecule has 2 aromatic heterocycles. The maximum absolute atomic E-state index is 10.9. The van der Waals surface area contributed by atoms with Crippen LogP contribution in [0.2, 0.25) is 5.15 Å². The average Bonchev–Trinajstić information content (AvgIpc) is 2.48. The Balaban J connectivity index is 2.84. The molecule has 4 nitrogen and oxygen atoms in total. The highest BCUT2D eigenvalue weighted by molar-refractivity contribution is 6.29. The van der Waals surface area contributed by atoms with Gasteiger partial charge in [0.1, 0.15) is 5.15 Å². The zero-order chi connectivity index (χ0) is 9.42. The van der Waals surface area contributed by atoms with Crippen molar-refractivity contribution in [3.8, 4) is 0 Å². The topological polar surface area (TPSA) is 60.4 Å². The number of carbonyl (C=O) groups is 1. The number of rotatable bonds is 1. The molecule has 2 aromatic rings. The molecule has 0 bridgehead atoms. The van der Waals surface area contributed by atoms with Crippen molar-refractivity contribution < 1.29 is 4.79 Å². The molecule has 66 valence electrons. The van der Waals surface area contributed by atoms with E-state index in [1.165, 1.54) is 6.20 Å². The fourth-order valence-corrected chi connectivity index (χ4v) is 1.36. The first-order chi connectivity index (χ1) is 6.20. The largest absolute Gasteiger partial charge is 0.365 e. The van der Waals surface area contributed by atoms with Crippen LogP contribution in [0.25, 0.3) is 5.65 Å². The third-order valence-corrected chi connectivity index (χ3v) is 2.04. The van der Waals surface area contributed by atoms with E-state index in [0.717, 1.165) is 0 Å². The minimum atomic E-state index is -0.507. The van der Waals surface area contributed by atoms with Crippen LogP contribution in [-0.4, -0.2) is 15.3 Å². The summed E-state index contributed by atoms with van der Waals surface area (Å²) in [6.45, 7) is 0. The Labute approximate surface area is 78.9 Å². The van der Waals surface area contributed by atoms with E-state index in [9.17, 15) is 4.79 Å². The van der Waals surface area contributed by atoms with E-state index in [1.807, 2.05) is 0 Å². The molecule has 0 aliphatic rings. The molecule has 1 amide bonds. The summed E-state index contributed by atoms with van der Waals surface area (Å²) in [5, 5.41) is 0.457. The number of primary amides is 1. The van der Waals surface area contributed by atoms with Crippen molar-refractivity contribution in [3.05, 3.63) is 35.2 Å². The minimum absolute atomic E-state index is 0.370. The molecule has 0 aliphatic carbocycles.